The summed E-state index contributed by atoms with van der Waals surface area (Å²) in [6.45, 7) is 8.42. The third-order valence-corrected chi connectivity index (χ3v) is 5.56. The minimum absolute atomic E-state index is 0.0248. The largest absolute Gasteiger partial charge is 0.458 e. The smallest absolute Gasteiger partial charge is 0.282 e. The maximum atomic E-state index is 14.6. The molecule has 3 heterocycles. The van der Waals surface area contributed by atoms with Gasteiger partial charge in [0.1, 0.15) is 23.0 Å². The van der Waals surface area contributed by atoms with Gasteiger partial charge in [0.15, 0.2) is 5.58 Å². The number of morpholine rings is 1. The van der Waals surface area contributed by atoms with E-state index in [0.717, 1.165) is 18.7 Å². The number of hydroxylamine groups is 1. The van der Waals surface area contributed by atoms with Crippen LogP contribution in [0.15, 0.2) is 33.5 Å². The van der Waals surface area contributed by atoms with Crippen LogP contribution in [-0.2, 0) is 23.2 Å². The number of furan rings is 1. The maximum absolute atomic E-state index is 14.6. The van der Waals surface area contributed by atoms with Gasteiger partial charge in [0.05, 0.1) is 44.0 Å². The van der Waals surface area contributed by atoms with Crippen LogP contribution in [0.3, 0.4) is 0 Å². The summed E-state index contributed by atoms with van der Waals surface area (Å²) in [6, 6.07) is 6.19. The lowest BCUT2D eigenvalue weighted by Crippen LogP contribution is -2.35. The Bertz CT molecular complexity index is 1250. The molecule has 1 fully saturated rings. The van der Waals surface area contributed by atoms with Gasteiger partial charge in [0.2, 0.25) is 0 Å². The first-order chi connectivity index (χ1) is 17.4. The molecule has 1 amide bonds. The summed E-state index contributed by atoms with van der Waals surface area (Å²) in [5.41, 5.74) is 2.69. The van der Waals surface area contributed by atoms with E-state index in [1.807, 2.05) is 13.8 Å². The van der Waals surface area contributed by atoms with E-state index in [1.54, 1.807) is 19.1 Å². The van der Waals surface area contributed by atoms with Crippen molar-refractivity contribution in [2.45, 2.75) is 27.3 Å². The number of nitrogens with one attached hydrogen (secondary N) is 2. The summed E-state index contributed by atoms with van der Waals surface area (Å²) in [5.74, 6) is -0.699. The van der Waals surface area contributed by atoms with Crippen molar-refractivity contribution in [3.05, 3.63) is 57.3 Å². The van der Waals surface area contributed by atoms with E-state index < -0.39 is 17.3 Å². The predicted molar refractivity (Wildman–Crippen MR) is 134 cm³/mol. The van der Waals surface area contributed by atoms with Crippen molar-refractivity contribution in [1.82, 2.24) is 14.9 Å². The summed E-state index contributed by atoms with van der Waals surface area (Å²) in [5, 5.41) is 12.0. The Kier molecular flexibility index (Phi) is 9.59. The van der Waals surface area contributed by atoms with Gasteiger partial charge in [0.25, 0.3) is 11.5 Å². The first-order valence-electron chi connectivity index (χ1n) is 11.9. The number of aromatic nitrogens is 1. The molecule has 196 valence electrons. The molecule has 0 bridgehead atoms. The number of halogens is 1. The SMILES string of the molecule is CC.Cc1ccc(Nc2c(C(=O)NOCCO)c3oc(CN4CCOCC4)cc3c(=O)n2C)c(F)c1. The molecule has 1 aliphatic heterocycles. The van der Waals surface area contributed by atoms with E-state index in [1.165, 1.54) is 23.7 Å². The van der Waals surface area contributed by atoms with Gasteiger partial charge >= 0.3 is 0 Å². The van der Waals surface area contributed by atoms with E-state index >= 15 is 0 Å². The molecule has 0 atom stereocenters. The molecule has 3 N–H and O–H groups in total. The summed E-state index contributed by atoms with van der Waals surface area (Å²) in [7, 11) is 1.48. The minimum atomic E-state index is -0.712. The Hall–Kier alpha value is -3.25. The Morgan fingerprint density at radius 1 is 1.22 bits per heavy atom. The Morgan fingerprint density at radius 2 is 1.94 bits per heavy atom. The molecule has 0 aliphatic carbocycles. The van der Waals surface area contributed by atoms with Crippen LogP contribution in [0.2, 0.25) is 0 Å². The van der Waals surface area contributed by atoms with Crippen LogP contribution < -0.4 is 16.4 Å². The first-order valence-corrected chi connectivity index (χ1v) is 11.9. The van der Waals surface area contributed by atoms with Gasteiger partial charge < -0.3 is 19.6 Å². The summed E-state index contributed by atoms with van der Waals surface area (Å²) in [4.78, 5) is 33.4. The number of hydrogen-bond acceptors (Lipinski definition) is 8. The van der Waals surface area contributed by atoms with Crippen LogP contribution in [0.4, 0.5) is 15.9 Å². The predicted octanol–water partition coefficient (Wildman–Crippen LogP) is 2.83. The second kappa shape index (κ2) is 12.6. The van der Waals surface area contributed by atoms with Crippen molar-refractivity contribution in [2.24, 2.45) is 7.05 Å². The molecule has 4 rings (SSSR count). The second-order valence-electron chi connectivity index (χ2n) is 8.04. The van der Waals surface area contributed by atoms with Crippen LogP contribution >= 0.6 is 0 Å². The zero-order valence-electron chi connectivity index (χ0n) is 21.0. The lowest BCUT2D eigenvalue weighted by molar-refractivity contribution is 0.0169. The van der Waals surface area contributed by atoms with Crippen LogP contribution in [0, 0.1) is 12.7 Å². The van der Waals surface area contributed by atoms with Crippen LogP contribution in [0.1, 0.15) is 35.5 Å². The number of anilines is 2. The zero-order valence-corrected chi connectivity index (χ0v) is 21.0. The van der Waals surface area contributed by atoms with Crippen molar-refractivity contribution in [3.8, 4) is 0 Å². The molecule has 0 unspecified atom stereocenters. The van der Waals surface area contributed by atoms with Crippen LogP contribution in [0.5, 0.6) is 0 Å². The lowest BCUT2D eigenvalue weighted by Gasteiger charge is -2.25. The highest BCUT2D eigenvalue weighted by molar-refractivity contribution is 6.09. The van der Waals surface area contributed by atoms with Gasteiger partial charge in [-0.1, -0.05) is 19.9 Å². The first kappa shape index (κ1) is 27.3. The van der Waals surface area contributed by atoms with Gasteiger partial charge in [-0.15, -0.1) is 0 Å². The zero-order chi connectivity index (χ0) is 26.2. The lowest BCUT2D eigenvalue weighted by atomic mass is 10.1. The van der Waals surface area contributed by atoms with E-state index in [9.17, 15) is 14.0 Å². The fraction of sp³-hybridized carbons (Fsp3) is 0.440. The van der Waals surface area contributed by atoms with Gasteiger partial charge in [-0.25, -0.2) is 9.87 Å². The van der Waals surface area contributed by atoms with Gasteiger partial charge in [-0.3, -0.25) is 23.9 Å². The number of rotatable bonds is 8. The third-order valence-electron chi connectivity index (χ3n) is 5.56. The van der Waals surface area contributed by atoms with E-state index in [2.05, 4.69) is 15.7 Å². The highest BCUT2D eigenvalue weighted by atomic mass is 19.1. The summed E-state index contributed by atoms with van der Waals surface area (Å²) in [6.07, 6.45) is 0. The van der Waals surface area contributed by atoms with Crippen LogP contribution in [0.25, 0.3) is 11.0 Å². The van der Waals surface area contributed by atoms with E-state index in [0.29, 0.717) is 25.5 Å². The van der Waals surface area contributed by atoms with Crippen LogP contribution in [-0.4, -0.2) is 60.0 Å². The Labute approximate surface area is 208 Å². The number of aliphatic hydroxyl groups excluding tert-OH is 1. The molecule has 0 spiro atoms. The average molecular weight is 505 g/mol. The molecule has 2 aromatic heterocycles. The summed E-state index contributed by atoms with van der Waals surface area (Å²) < 4.78 is 27.2. The molecule has 1 saturated heterocycles. The van der Waals surface area contributed by atoms with Crippen molar-refractivity contribution in [2.75, 3.05) is 44.8 Å². The number of amides is 1. The molecule has 0 radical (unpaired) electrons. The number of hydrogen-bond donors (Lipinski definition) is 3. The monoisotopic (exact) mass is 504 g/mol. The number of ether oxygens (including phenoxy) is 1. The quantitative estimate of drug-likeness (QED) is 0.317. The number of carbonyl (C=O) groups excluding carboxylic acids is 1. The van der Waals surface area contributed by atoms with Crippen molar-refractivity contribution in [1.29, 1.82) is 0 Å². The van der Waals surface area contributed by atoms with Gasteiger partial charge in [0, 0.05) is 20.1 Å². The van der Waals surface area contributed by atoms with Crippen molar-refractivity contribution in [3.63, 3.8) is 0 Å². The topological polar surface area (TPSA) is 118 Å². The molecule has 36 heavy (non-hydrogen) atoms. The molecule has 1 aromatic carbocycles. The van der Waals surface area contributed by atoms with Gasteiger partial charge in [-0.05, 0) is 30.7 Å². The Morgan fingerprint density at radius 3 is 2.61 bits per heavy atom. The Balaban J connectivity index is 0.00000176. The van der Waals surface area contributed by atoms with Gasteiger partial charge in [-0.2, -0.15) is 0 Å². The summed E-state index contributed by atoms with van der Waals surface area (Å²) >= 11 is 0. The molecule has 1 aliphatic rings. The molecular formula is C25H33FN4O6. The van der Waals surface area contributed by atoms with E-state index in [4.69, 9.17) is 19.1 Å². The normalized spacial score (nSPS) is 13.8. The molecule has 10 nitrogen and oxygen atoms in total. The number of pyridine rings is 1. The number of aliphatic hydroxyl groups is 1. The maximum Gasteiger partial charge on any atom is 0.282 e. The molecular weight excluding hydrogens is 471 g/mol. The fourth-order valence-corrected chi connectivity index (χ4v) is 3.82. The van der Waals surface area contributed by atoms with E-state index in [-0.39, 0.29) is 41.3 Å². The highest BCUT2D eigenvalue weighted by Gasteiger charge is 2.26. The fourth-order valence-electron chi connectivity index (χ4n) is 3.82. The molecule has 11 heteroatoms. The van der Waals surface area contributed by atoms with Crippen molar-refractivity contribution < 1.29 is 28.3 Å². The highest BCUT2D eigenvalue weighted by Crippen LogP contribution is 2.30. The number of fused-ring (bicyclic) bond motifs is 1. The second-order valence-corrected chi connectivity index (χ2v) is 8.04. The number of nitrogens with zero attached hydrogens (tertiary/aromatic N) is 2. The number of aryl methyl sites for hydroxylation is 1. The standard InChI is InChI=1S/C23H27FN4O6.C2H6/c1-14-3-4-18(17(24)11-14)25-21-19(22(30)26-33-10-7-29)20-16(23(31)27(21)2)12-15(34-20)13-28-5-8-32-9-6-28;1-2/h3-4,11-12,25,29H,5-10,13H2,1-2H3,(H,26,30);1-2H3. The average Bonchev–Trinajstić information content (AvgIpc) is 3.29. The molecule has 0 saturated carbocycles. The van der Waals surface area contributed by atoms with Crippen molar-refractivity contribution >= 4 is 28.4 Å². The number of benzene rings is 1. The number of carbonyl (C=O) groups is 1. The minimum Gasteiger partial charge on any atom is -0.458 e. The third kappa shape index (κ3) is 6.11. The molecule has 3 aromatic rings.